The maximum Gasteiger partial charge on any atom is 0.252 e. The second-order valence-electron chi connectivity index (χ2n) is 4.88. The SMILES string of the molecule is COCCCCNC(=O)c1cc(S(=O)(=O)N(C)C)ccc1Cl. The van der Waals surface area contributed by atoms with Crippen LogP contribution in [0.3, 0.4) is 0 Å². The number of nitrogens with one attached hydrogen (secondary N) is 1. The maximum absolute atomic E-state index is 12.1. The van der Waals surface area contributed by atoms with Gasteiger partial charge in [-0.15, -0.1) is 0 Å². The topological polar surface area (TPSA) is 75.7 Å². The number of amides is 1. The summed E-state index contributed by atoms with van der Waals surface area (Å²) in [7, 11) is 0.876. The molecule has 1 aromatic rings. The summed E-state index contributed by atoms with van der Waals surface area (Å²) in [6.45, 7) is 1.11. The van der Waals surface area contributed by atoms with Gasteiger partial charge in [0.15, 0.2) is 0 Å². The zero-order valence-electron chi connectivity index (χ0n) is 12.9. The monoisotopic (exact) mass is 348 g/mol. The van der Waals surface area contributed by atoms with E-state index in [1.165, 1.54) is 32.3 Å². The Bertz CT molecular complexity index is 617. The van der Waals surface area contributed by atoms with E-state index in [-0.39, 0.29) is 15.5 Å². The second-order valence-corrected chi connectivity index (χ2v) is 7.44. The maximum atomic E-state index is 12.1. The Morgan fingerprint density at radius 2 is 2.00 bits per heavy atom. The van der Waals surface area contributed by atoms with E-state index < -0.39 is 15.9 Å². The van der Waals surface area contributed by atoms with Gasteiger partial charge in [0.25, 0.3) is 5.91 Å². The molecule has 0 saturated carbocycles. The number of unbranched alkanes of at least 4 members (excludes halogenated alkanes) is 1. The van der Waals surface area contributed by atoms with E-state index in [1.54, 1.807) is 7.11 Å². The number of hydrogen-bond donors (Lipinski definition) is 1. The predicted molar refractivity (Wildman–Crippen MR) is 85.8 cm³/mol. The Kier molecular flexibility index (Phi) is 7.28. The van der Waals surface area contributed by atoms with E-state index in [2.05, 4.69) is 5.32 Å². The van der Waals surface area contributed by atoms with Crippen molar-refractivity contribution in [2.45, 2.75) is 17.7 Å². The minimum atomic E-state index is -3.60. The first-order valence-corrected chi connectivity index (χ1v) is 8.61. The summed E-state index contributed by atoms with van der Waals surface area (Å²) in [5.74, 6) is -0.391. The molecule has 0 fully saturated rings. The van der Waals surface area contributed by atoms with Gasteiger partial charge in [0.1, 0.15) is 0 Å². The van der Waals surface area contributed by atoms with Gasteiger partial charge in [0, 0.05) is 34.4 Å². The number of hydrogen-bond acceptors (Lipinski definition) is 4. The Balaban J connectivity index is 2.84. The van der Waals surface area contributed by atoms with Crippen LogP contribution in [0.4, 0.5) is 0 Å². The highest BCUT2D eigenvalue weighted by molar-refractivity contribution is 7.89. The molecule has 22 heavy (non-hydrogen) atoms. The molecule has 0 bridgehead atoms. The van der Waals surface area contributed by atoms with E-state index in [0.29, 0.717) is 13.2 Å². The number of rotatable bonds is 8. The molecular formula is C14H21ClN2O4S. The minimum absolute atomic E-state index is 0.0337. The van der Waals surface area contributed by atoms with E-state index in [1.807, 2.05) is 0 Å². The molecule has 0 aliphatic heterocycles. The molecule has 0 saturated heterocycles. The number of benzene rings is 1. The summed E-state index contributed by atoms with van der Waals surface area (Å²) in [6.07, 6.45) is 1.60. The number of ether oxygens (including phenoxy) is 1. The average molecular weight is 349 g/mol. The van der Waals surface area contributed by atoms with Crippen LogP contribution >= 0.6 is 11.6 Å². The Morgan fingerprint density at radius 1 is 1.32 bits per heavy atom. The van der Waals surface area contributed by atoms with Gasteiger partial charge in [-0.05, 0) is 31.0 Å². The number of carbonyl (C=O) groups excluding carboxylic acids is 1. The average Bonchev–Trinajstić information content (AvgIpc) is 2.46. The first-order chi connectivity index (χ1) is 10.3. The predicted octanol–water partition coefficient (Wildman–Crippen LogP) is 1.75. The second kappa shape index (κ2) is 8.47. The van der Waals surface area contributed by atoms with Crippen LogP contribution in [0.15, 0.2) is 23.1 Å². The van der Waals surface area contributed by atoms with E-state index in [9.17, 15) is 13.2 Å². The van der Waals surface area contributed by atoms with Gasteiger partial charge >= 0.3 is 0 Å². The molecule has 0 heterocycles. The number of nitrogens with zero attached hydrogens (tertiary/aromatic N) is 1. The lowest BCUT2D eigenvalue weighted by Crippen LogP contribution is -2.26. The van der Waals surface area contributed by atoms with Crippen LogP contribution in [0.1, 0.15) is 23.2 Å². The van der Waals surface area contributed by atoms with Gasteiger partial charge in [-0.3, -0.25) is 4.79 Å². The molecule has 0 radical (unpaired) electrons. The zero-order chi connectivity index (χ0) is 16.8. The summed E-state index contributed by atoms with van der Waals surface area (Å²) in [6, 6.07) is 4.09. The molecule has 0 unspecified atom stereocenters. The lowest BCUT2D eigenvalue weighted by molar-refractivity contribution is 0.0951. The fraction of sp³-hybridized carbons (Fsp3) is 0.500. The largest absolute Gasteiger partial charge is 0.385 e. The summed E-state index contributed by atoms with van der Waals surface area (Å²) in [4.78, 5) is 12.1. The van der Waals surface area contributed by atoms with E-state index >= 15 is 0 Å². The number of carbonyl (C=O) groups is 1. The van der Waals surface area contributed by atoms with Crippen molar-refractivity contribution in [2.24, 2.45) is 0 Å². The molecule has 0 aliphatic carbocycles. The van der Waals surface area contributed by atoms with Crippen molar-refractivity contribution in [3.8, 4) is 0 Å². The van der Waals surface area contributed by atoms with Gasteiger partial charge < -0.3 is 10.1 Å². The van der Waals surface area contributed by atoms with Crippen molar-refractivity contribution in [3.05, 3.63) is 28.8 Å². The third kappa shape index (κ3) is 4.95. The molecule has 0 spiro atoms. The van der Waals surface area contributed by atoms with Gasteiger partial charge in [0.05, 0.1) is 15.5 Å². The van der Waals surface area contributed by atoms with Gasteiger partial charge in [0.2, 0.25) is 10.0 Å². The molecule has 1 rings (SSSR count). The molecule has 0 aliphatic rings. The third-order valence-electron chi connectivity index (χ3n) is 3.02. The molecule has 1 aromatic carbocycles. The highest BCUT2D eigenvalue weighted by Gasteiger charge is 2.20. The van der Waals surface area contributed by atoms with Crippen LogP contribution in [0, 0.1) is 0 Å². The van der Waals surface area contributed by atoms with Crippen LogP contribution in [0.25, 0.3) is 0 Å². The zero-order valence-corrected chi connectivity index (χ0v) is 14.5. The van der Waals surface area contributed by atoms with Crippen molar-refractivity contribution < 1.29 is 17.9 Å². The van der Waals surface area contributed by atoms with Gasteiger partial charge in [-0.1, -0.05) is 11.6 Å². The highest BCUT2D eigenvalue weighted by atomic mass is 35.5. The van der Waals surface area contributed by atoms with Crippen molar-refractivity contribution in [1.29, 1.82) is 0 Å². The smallest absolute Gasteiger partial charge is 0.252 e. The number of methoxy groups -OCH3 is 1. The molecule has 8 heteroatoms. The summed E-state index contributed by atoms with van der Waals surface area (Å²) >= 11 is 5.99. The Labute approximate surface area is 136 Å². The minimum Gasteiger partial charge on any atom is -0.385 e. The molecule has 0 aromatic heterocycles. The molecule has 0 atom stereocenters. The standard InChI is InChI=1S/C14H21ClN2O4S/c1-17(2)22(19,20)11-6-7-13(15)12(10-11)14(18)16-8-4-5-9-21-3/h6-7,10H,4-5,8-9H2,1-3H3,(H,16,18). The number of sulfonamides is 1. The first kappa shape index (κ1) is 18.9. The van der Waals surface area contributed by atoms with Crippen molar-refractivity contribution >= 4 is 27.5 Å². The van der Waals surface area contributed by atoms with Crippen molar-refractivity contribution in [1.82, 2.24) is 9.62 Å². The molecule has 6 nitrogen and oxygen atoms in total. The fourth-order valence-corrected chi connectivity index (χ4v) is 2.85. The Hall–Kier alpha value is -1.15. The summed E-state index contributed by atoms with van der Waals surface area (Å²) in [5, 5.41) is 2.93. The van der Waals surface area contributed by atoms with E-state index in [4.69, 9.17) is 16.3 Å². The first-order valence-electron chi connectivity index (χ1n) is 6.80. The molecular weight excluding hydrogens is 328 g/mol. The van der Waals surface area contributed by atoms with Gasteiger partial charge in [-0.25, -0.2) is 12.7 Å². The quantitative estimate of drug-likeness (QED) is 0.726. The van der Waals surface area contributed by atoms with Crippen LogP contribution < -0.4 is 5.32 Å². The summed E-state index contributed by atoms with van der Waals surface area (Å²) in [5.41, 5.74) is 0.149. The molecule has 124 valence electrons. The Morgan fingerprint density at radius 3 is 2.59 bits per heavy atom. The van der Waals surface area contributed by atoms with Crippen LogP contribution in [-0.4, -0.2) is 53.0 Å². The number of halogens is 1. The van der Waals surface area contributed by atoms with E-state index in [0.717, 1.165) is 17.1 Å². The van der Waals surface area contributed by atoms with Crippen LogP contribution in [0.5, 0.6) is 0 Å². The van der Waals surface area contributed by atoms with Crippen LogP contribution in [0.2, 0.25) is 5.02 Å². The molecule has 1 N–H and O–H groups in total. The van der Waals surface area contributed by atoms with Crippen molar-refractivity contribution in [2.75, 3.05) is 34.4 Å². The van der Waals surface area contributed by atoms with Crippen molar-refractivity contribution in [3.63, 3.8) is 0 Å². The fourth-order valence-electron chi connectivity index (χ4n) is 1.72. The lowest BCUT2D eigenvalue weighted by Gasteiger charge is -2.13. The highest BCUT2D eigenvalue weighted by Crippen LogP contribution is 2.22. The normalized spacial score (nSPS) is 11.7. The lowest BCUT2D eigenvalue weighted by atomic mass is 10.2. The van der Waals surface area contributed by atoms with Gasteiger partial charge in [-0.2, -0.15) is 0 Å². The molecule has 1 amide bonds. The van der Waals surface area contributed by atoms with Crippen LogP contribution in [-0.2, 0) is 14.8 Å². The summed E-state index contributed by atoms with van der Waals surface area (Å²) < 4.78 is 30.2. The third-order valence-corrected chi connectivity index (χ3v) is 5.16.